The Morgan fingerprint density at radius 1 is 1.27 bits per heavy atom. The molecule has 26 heavy (non-hydrogen) atoms. The number of nitrogens with one attached hydrogen (secondary N) is 1. The Balaban J connectivity index is 1.51. The maximum absolute atomic E-state index is 12.7. The molecule has 1 fully saturated rings. The lowest BCUT2D eigenvalue weighted by Gasteiger charge is -2.30. The number of carbonyl (C=O) groups excluding carboxylic acids is 2. The van der Waals surface area contributed by atoms with E-state index in [9.17, 15) is 9.59 Å². The number of carbonyl (C=O) groups is 2. The normalized spacial score (nSPS) is 14.7. The molecule has 1 saturated carbocycles. The molecule has 2 amide bonds. The highest BCUT2D eigenvalue weighted by molar-refractivity contribution is 6.30. The van der Waals surface area contributed by atoms with Crippen LogP contribution in [0.2, 0.25) is 5.02 Å². The van der Waals surface area contributed by atoms with E-state index in [-0.39, 0.29) is 23.6 Å². The zero-order valence-corrected chi connectivity index (χ0v) is 15.5. The second-order valence-corrected chi connectivity index (χ2v) is 7.03. The zero-order chi connectivity index (χ0) is 18.5. The summed E-state index contributed by atoms with van der Waals surface area (Å²) in [6.45, 7) is 2.50. The van der Waals surface area contributed by atoms with Gasteiger partial charge in [0.2, 0.25) is 5.91 Å². The van der Waals surface area contributed by atoms with E-state index < -0.39 is 0 Å². The minimum Gasteiger partial charge on any atom is -0.459 e. The van der Waals surface area contributed by atoms with Gasteiger partial charge in [0.25, 0.3) is 5.91 Å². The van der Waals surface area contributed by atoms with Gasteiger partial charge in [-0.05, 0) is 56.0 Å². The Kier molecular flexibility index (Phi) is 5.99. The number of hydrogen-bond donors (Lipinski definition) is 1. The van der Waals surface area contributed by atoms with Crippen molar-refractivity contribution in [3.63, 3.8) is 0 Å². The second-order valence-electron chi connectivity index (χ2n) is 6.60. The van der Waals surface area contributed by atoms with Crippen LogP contribution in [0.5, 0.6) is 0 Å². The van der Waals surface area contributed by atoms with Gasteiger partial charge in [-0.15, -0.1) is 0 Å². The van der Waals surface area contributed by atoms with Gasteiger partial charge in [-0.1, -0.05) is 23.7 Å². The molecule has 1 atom stereocenters. The fourth-order valence-electron chi connectivity index (χ4n) is 3.06. The molecule has 1 N–H and O–H groups in total. The molecule has 1 aliphatic carbocycles. The number of halogens is 1. The molecule has 0 radical (unpaired) electrons. The number of hydrogen-bond acceptors (Lipinski definition) is 3. The molecule has 1 aliphatic rings. The van der Waals surface area contributed by atoms with Crippen LogP contribution in [-0.4, -0.2) is 29.3 Å². The van der Waals surface area contributed by atoms with Crippen LogP contribution in [0.3, 0.4) is 0 Å². The van der Waals surface area contributed by atoms with Gasteiger partial charge in [0, 0.05) is 24.0 Å². The Morgan fingerprint density at radius 2 is 2.00 bits per heavy atom. The van der Waals surface area contributed by atoms with E-state index >= 15 is 0 Å². The number of nitrogens with zero attached hydrogens (tertiary/aromatic N) is 1. The standard InChI is InChI=1S/C20H23ClN2O3/c1-14(15-6-8-16(21)9-7-15)23(17-10-11-17)19(24)5-2-12-22-20(25)18-4-3-13-26-18/h3-4,6-9,13-14,17H,2,5,10-12H2,1H3,(H,22,25). The fraction of sp³-hybridized carbons (Fsp3) is 0.400. The van der Waals surface area contributed by atoms with Crippen molar-refractivity contribution < 1.29 is 14.0 Å². The van der Waals surface area contributed by atoms with E-state index in [4.69, 9.17) is 16.0 Å². The monoisotopic (exact) mass is 374 g/mol. The van der Waals surface area contributed by atoms with Gasteiger partial charge in [0.1, 0.15) is 0 Å². The molecule has 1 unspecified atom stereocenters. The van der Waals surface area contributed by atoms with Crippen molar-refractivity contribution >= 4 is 23.4 Å². The highest BCUT2D eigenvalue weighted by Crippen LogP contribution is 2.35. The lowest BCUT2D eigenvalue weighted by Crippen LogP contribution is -2.36. The van der Waals surface area contributed by atoms with E-state index in [1.807, 2.05) is 29.2 Å². The van der Waals surface area contributed by atoms with Crippen LogP contribution >= 0.6 is 11.6 Å². The molecule has 1 aromatic carbocycles. The van der Waals surface area contributed by atoms with E-state index in [2.05, 4.69) is 12.2 Å². The van der Waals surface area contributed by atoms with Crippen LogP contribution in [-0.2, 0) is 4.79 Å². The summed E-state index contributed by atoms with van der Waals surface area (Å²) < 4.78 is 5.04. The topological polar surface area (TPSA) is 62.6 Å². The Labute approximate surface area is 158 Å². The first-order chi connectivity index (χ1) is 12.6. The quantitative estimate of drug-likeness (QED) is 0.704. The Morgan fingerprint density at radius 3 is 2.62 bits per heavy atom. The van der Waals surface area contributed by atoms with Crippen LogP contribution in [0.25, 0.3) is 0 Å². The summed E-state index contributed by atoms with van der Waals surface area (Å²) in [5, 5.41) is 3.47. The maximum Gasteiger partial charge on any atom is 0.286 e. The molecular formula is C20H23ClN2O3. The third-order valence-corrected chi connectivity index (χ3v) is 4.85. The molecule has 0 saturated heterocycles. The summed E-state index contributed by atoms with van der Waals surface area (Å²) >= 11 is 5.96. The smallest absolute Gasteiger partial charge is 0.286 e. The van der Waals surface area contributed by atoms with Crippen molar-refractivity contribution in [3.05, 3.63) is 59.0 Å². The minimum atomic E-state index is -0.254. The number of amides is 2. The van der Waals surface area contributed by atoms with Crippen molar-refractivity contribution in [1.82, 2.24) is 10.2 Å². The number of rotatable bonds is 8. The highest BCUT2D eigenvalue weighted by atomic mass is 35.5. The molecule has 5 nitrogen and oxygen atoms in total. The molecule has 0 bridgehead atoms. The SMILES string of the molecule is CC(c1ccc(Cl)cc1)N(C(=O)CCCNC(=O)c1ccco1)C1CC1. The number of benzene rings is 1. The van der Waals surface area contributed by atoms with Gasteiger partial charge >= 0.3 is 0 Å². The Hall–Kier alpha value is -2.27. The largest absolute Gasteiger partial charge is 0.459 e. The zero-order valence-electron chi connectivity index (χ0n) is 14.8. The molecule has 6 heteroatoms. The summed E-state index contributed by atoms with van der Waals surface area (Å²) in [7, 11) is 0. The Bertz CT molecular complexity index is 739. The average molecular weight is 375 g/mol. The lowest BCUT2D eigenvalue weighted by molar-refractivity contribution is -0.134. The van der Waals surface area contributed by atoms with E-state index in [1.165, 1.54) is 6.26 Å². The van der Waals surface area contributed by atoms with Gasteiger partial charge in [-0.2, -0.15) is 0 Å². The van der Waals surface area contributed by atoms with Gasteiger partial charge in [0.15, 0.2) is 5.76 Å². The molecule has 3 rings (SSSR count). The average Bonchev–Trinajstić information content (AvgIpc) is 3.30. The van der Waals surface area contributed by atoms with Crippen molar-refractivity contribution in [3.8, 4) is 0 Å². The molecule has 1 heterocycles. The summed E-state index contributed by atoms with van der Waals surface area (Å²) in [6, 6.07) is 11.3. The van der Waals surface area contributed by atoms with Gasteiger partial charge in [0.05, 0.1) is 12.3 Å². The molecule has 2 aromatic rings. The predicted molar refractivity (Wildman–Crippen MR) is 100 cm³/mol. The first-order valence-corrected chi connectivity index (χ1v) is 9.32. The predicted octanol–water partition coefficient (Wildman–Crippen LogP) is 4.20. The fourth-order valence-corrected chi connectivity index (χ4v) is 3.18. The van der Waals surface area contributed by atoms with Crippen molar-refractivity contribution in [1.29, 1.82) is 0 Å². The van der Waals surface area contributed by atoms with Crippen LogP contribution in [0.15, 0.2) is 47.1 Å². The van der Waals surface area contributed by atoms with Gasteiger partial charge in [-0.25, -0.2) is 0 Å². The second kappa shape index (κ2) is 8.41. The molecular weight excluding hydrogens is 352 g/mol. The van der Waals surface area contributed by atoms with E-state index in [1.54, 1.807) is 12.1 Å². The summed E-state index contributed by atoms with van der Waals surface area (Å²) in [5.74, 6) is 0.158. The molecule has 1 aromatic heterocycles. The molecule has 0 aliphatic heterocycles. The van der Waals surface area contributed by atoms with E-state index in [0.29, 0.717) is 30.5 Å². The van der Waals surface area contributed by atoms with Crippen molar-refractivity contribution in [2.45, 2.75) is 44.7 Å². The van der Waals surface area contributed by atoms with Crippen LogP contribution in [0.1, 0.15) is 54.8 Å². The number of furan rings is 1. The molecule has 0 spiro atoms. The third-order valence-electron chi connectivity index (χ3n) is 4.60. The molecule has 138 valence electrons. The van der Waals surface area contributed by atoms with Crippen LogP contribution in [0, 0.1) is 0 Å². The van der Waals surface area contributed by atoms with Crippen molar-refractivity contribution in [2.75, 3.05) is 6.54 Å². The first kappa shape index (κ1) is 18.5. The minimum absolute atomic E-state index is 0.0185. The van der Waals surface area contributed by atoms with Crippen molar-refractivity contribution in [2.24, 2.45) is 0 Å². The van der Waals surface area contributed by atoms with Gasteiger partial charge < -0.3 is 14.6 Å². The van der Waals surface area contributed by atoms with E-state index in [0.717, 1.165) is 18.4 Å². The van der Waals surface area contributed by atoms with Crippen LogP contribution in [0.4, 0.5) is 0 Å². The first-order valence-electron chi connectivity index (χ1n) is 8.94. The highest BCUT2D eigenvalue weighted by Gasteiger charge is 2.35. The summed E-state index contributed by atoms with van der Waals surface area (Å²) in [5.41, 5.74) is 1.08. The third kappa shape index (κ3) is 4.67. The lowest BCUT2D eigenvalue weighted by atomic mass is 10.1. The van der Waals surface area contributed by atoms with Crippen LogP contribution < -0.4 is 5.32 Å². The van der Waals surface area contributed by atoms with Gasteiger partial charge in [-0.3, -0.25) is 9.59 Å². The summed E-state index contributed by atoms with van der Waals surface area (Å²) in [4.78, 5) is 26.5. The summed E-state index contributed by atoms with van der Waals surface area (Å²) in [6.07, 6.45) is 4.58. The maximum atomic E-state index is 12.7.